The van der Waals surface area contributed by atoms with Gasteiger partial charge in [-0.25, -0.2) is 0 Å². The van der Waals surface area contributed by atoms with Crippen LogP contribution in [0.25, 0.3) is 0 Å². The molecule has 0 atom stereocenters. The predicted octanol–water partition coefficient (Wildman–Crippen LogP) is -3.23. The van der Waals surface area contributed by atoms with Gasteiger partial charge in [-0.05, 0) is 12.1 Å². The first kappa shape index (κ1) is 11.9. The molecule has 0 aliphatic rings. The lowest BCUT2D eigenvalue weighted by molar-refractivity contribution is -0.0000109. The monoisotopic (exact) mass is 200 g/mol. The van der Waals surface area contributed by atoms with Crippen LogP contribution in [-0.4, -0.2) is 24.0 Å². The summed E-state index contributed by atoms with van der Waals surface area (Å²) in [6.45, 7) is 0.925. The zero-order valence-electron chi connectivity index (χ0n) is 7.03. The predicted molar refractivity (Wildman–Crippen MR) is 45.6 cm³/mol. The van der Waals surface area contributed by atoms with Crippen LogP contribution in [0.15, 0.2) is 24.4 Å². The second kappa shape index (κ2) is 6.39. The number of nitrogens with zero attached hydrogens (tertiary/aromatic N) is 1. The van der Waals surface area contributed by atoms with E-state index in [4.69, 9.17) is 5.73 Å². The van der Waals surface area contributed by atoms with Gasteiger partial charge >= 0.3 is 0 Å². The third kappa shape index (κ3) is 3.87. The van der Waals surface area contributed by atoms with Crippen molar-refractivity contribution in [2.24, 2.45) is 5.73 Å². The van der Waals surface area contributed by atoms with Crippen molar-refractivity contribution in [2.75, 3.05) is 13.1 Å². The van der Waals surface area contributed by atoms with Crippen molar-refractivity contribution < 1.29 is 17.2 Å². The van der Waals surface area contributed by atoms with Gasteiger partial charge in [-0.15, -0.1) is 0 Å². The van der Waals surface area contributed by atoms with E-state index in [0.717, 1.165) is 0 Å². The van der Waals surface area contributed by atoms with E-state index < -0.39 is 0 Å². The number of carbonyl (C=O) groups is 1. The first-order valence-corrected chi connectivity index (χ1v) is 3.74. The molecule has 0 saturated heterocycles. The number of hydrogen-bond acceptors (Lipinski definition) is 3. The van der Waals surface area contributed by atoms with Crippen LogP contribution in [0.1, 0.15) is 10.5 Å². The number of nitrogens with one attached hydrogen (secondary N) is 1. The first-order valence-electron chi connectivity index (χ1n) is 3.74. The maximum Gasteiger partial charge on any atom is 0.269 e. The molecule has 0 spiro atoms. The lowest BCUT2D eigenvalue weighted by Gasteiger charge is -2.00. The van der Waals surface area contributed by atoms with Gasteiger partial charge in [0.15, 0.2) is 0 Å². The molecule has 0 bridgehead atoms. The summed E-state index contributed by atoms with van der Waals surface area (Å²) in [5.74, 6) is -0.180. The molecule has 1 amide bonds. The molecule has 1 aromatic heterocycles. The maximum atomic E-state index is 11.2. The maximum absolute atomic E-state index is 11.2. The minimum Gasteiger partial charge on any atom is -1.00 e. The molecule has 0 radical (unpaired) electrons. The lowest BCUT2D eigenvalue weighted by Crippen LogP contribution is -3.00. The largest absolute Gasteiger partial charge is 1.00 e. The number of nitrogens with two attached hydrogens (primary N) is 1. The van der Waals surface area contributed by atoms with Gasteiger partial charge in [0.1, 0.15) is 5.69 Å². The van der Waals surface area contributed by atoms with Crippen molar-refractivity contribution in [1.82, 2.24) is 10.3 Å². The Hall–Kier alpha value is -1.13. The van der Waals surface area contributed by atoms with Gasteiger partial charge in [0.2, 0.25) is 0 Å². The highest BCUT2D eigenvalue weighted by molar-refractivity contribution is 5.92. The van der Waals surface area contributed by atoms with Gasteiger partial charge < -0.3 is 23.5 Å². The Morgan fingerprint density at radius 1 is 1.54 bits per heavy atom. The molecule has 1 heterocycles. The summed E-state index contributed by atoms with van der Waals surface area (Å²) in [6.07, 6.45) is 1.58. The highest BCUT2D eigenvalue weighted by atomic mass is 35.5. The van der Waals surface area contributed by atoms with Crippen LogP contribution >= 0.6 is 0 Å². The van der Waals surface area contributed by atoms with Gasteiger partial charge in [-0.1, -0.05) is 6.07 Å². The number of aromatic nitrogens is 1. The summed E-state index contributed by atoms with van der Waals surface area (Å²) >= 11 is 0. The number of hydrogen-bond donors (Lipinski definition) is 2. The van der Waals surface area contributed by atoms with Crippen molar-refractivity contribution in [2.45, 2.75) is 0 Å². The fourth-order valence-electron chi connectivity index (χ4n) is 0.773. The number of pyridine rings is 1. The van der Waals surface area contributed by atoms with E-state index in [-0.39, 0.29) is 18.3 Å². The van der Waals surface area contributed by atoms with Crippen LogP contribution in [0.4, 0.5) is 0 Å². The molecule has 3 N–H and O–H groups in total. The van der Waals surface area contributed by atoms with E-state index in [9.17, 15) is 4.79 Å². The van der Waals surface area contributed by atoms with Gasteiger partial charge in [-0.2, -0.15) is 0 Å². The Morgan fingerprint density at radius 2 is 2.31 bits per heavy atom. The highest BCUT2D eigenvalue weighted by Gasteiger charge is 2.02. The molecule has 4 nitrogen and oxygen atoms in total. The summed E-state index contributed by atoms with van der Waals surface area (Å²) in [5, 5.41) is 2.62. The second-order valence-corrected chi connectivity index (χ2v) is 2.26. The minimum absolute atomic E-state index is 0. The topological polar surface area (TPSA) is 68.0 Å². The summed E-state index contributed by atoms with van der Waals surface area (Å²) < 4.78 is 0. The normalized spacial score (nSPS) is 8.69. The van der Waals surface area contributed by atoms with Gasteiger partial charge in [0, 0.05) is 19.3 Å². The van der Waals surface area contributed by atoms with Crippen molar-refractivity contribution in [1.29, 1.82) is 0 Å². The number of rotatable bonds is 3. The average molecular weight is 201 g/mol. The van der Waals surface area contributed by atoms with Gasteiger partial charge in [0.05, 0.1) is 0 Å². The fourth-order valence-corrected chi connectivity index (χ4v) is 0.773. The summed E-state index contributed by atoms with van der Waals surface area (Å²) in [4.78, 5) is 15.1. The Bertz CT molecular complexity index is 253. The highest BCUT2D eigenvalue weighted by Crippen LogP contribution is 1.91. The standard InChI is InChI=1S/C8H11N3O.ClH/c9-4-6-11-8(12)7-3-1-2-5-10-7;/h1-3,5H,4,6,9H2,(H,11,12);1H/p-1. The molecular formula is C8H11ClN3O-. The molecule has 1 rings (SSSR count). The Labute approximate surface area is 83.0 Å². The SMILES string of the molecule is NCCNC(=O)c1ccccn1.[Cl-]. The van der Waals surface area contributed by atoms with Gasteiger partial charge in [-0.3, -0.25) is 9.78 Å². The number of amides is 1. The smallest absolute Gasteiger partial charge is 0.269 e. The van der Waals surface area contributed by atoms with Crippen LogP contribution in [0.5, 0.6) is 0 Å². The molecule has 0 aromatic carbocycles. The van der Waals surface area contributed by atoms with Crippen LogP contribution in [-0.2, 0) is 0 Å². The average Bonchev–Trinajstić information content (AvgIpc) is 2.15. The third-order valence-electron chi connectivity index (χ3n) is 1.33. The Morgan fingerprint density at radius 3 is 2.85 bits per heavy atom. The van der Waals surface area contributed by atoms with Crippen LogP contribution in [0.2, 0.25) is 0 Å². The molecule has 0 fully saturated rings. The summed E-state index contributed by atoms with van der Waals surface area (Å²) in [6, 6.07) is 5.19. The minimum atomic E-state index is -0.180. The molecule has 5 heteroatoms. The van der Waals surface area contributed by atoms with Crippen LogP contribution < -0.4 is 23.5 Å². The molecule has 0 aliphatic heterocycles. The van der Waals surface area contributed by atoms with E-state index in [2.05, 4.69) is 10.3 Å². The Balaban J connectivity index is 0.00000144. The molecule has 72 valence electrons. The van der Waals surface area contributed by atoms with Crippen LogP contribution in [0, 0.1) is 0 Å². The van der Waals surface area contributed by atoms with E-state index >= 15 is 0 Å². The van der Waals surface area contributed by atoms with E-state index in [1.165, 1.54) is 0 Å². The van der Waals surface area contributed by atoms with Crippen molar-refractivity contribution in [3.05, 3.63) is 30.1 Å². The number of halogens is 1. The number of carbonyl (C=O) groups excluding carboxylic acids is 1. The van der Waals surface area contributed by atoms with Gasteiger partial charge in [0.25, 0.3) is 5.91 Å². The molecule has 0 unspecified atom stereocenters. The molecule has 0 saturated carbocycles. The zero-order chi connectivity index (χ0) is 8.81. The molecule has 1 aromatic rings. The van der Waals surface area contributed by atoms with E-state index in [1.54, 1.807) is 24.4 Å². The van der Waals surface area contributed by atoms with E-state index in [0.29, 0.717) is 18.8 Å². The molecule has 0 aliphatic carbocycles. The summed E-state index contributed by atoms with van der Waals surface area (Å²) in [5.41, 5.74) is 5.64. The fraction of sp³-hybridized carbons (Fsp3) is 0.250. The quantitative estimate of drug-likeness (QED) is 0.540. The Kier molecular flexibility index (Phi) is 5.84. The third-order valence-corrected chi connectivity index (χ3v) is 1.33. The zero-order valence-corrected chi connectivity index (χ0v) is 7.79. The summed E-state index contributed by atoms with van der Waals surface area (Å²) in [7, 11) is 0. The first-order chi connectivity index (χ1) is 5.84. The van der Waals surface area contributed by atoms with E-state index in [1.807, 2.05) is 0 Å². The van der Waals surface area contributed by atoms with Crippen molar-refractivity contribution in [3.63, 3.8) is 0 Å². The van der Waals surface area contributed by atoms with Crippen molar-refractivity contribution in [3.8, 4) is 0 Å². The lowest BCUT2D eigenvalue weighted by atomic mass is 10.3. The second-order valence-electron chi connectivity index (χ2n) is 2.26. The molecule has 13 heavy (non-hydrogen) atoms. The van der Waals surface area contributed by atoms with Crippen LogP contribution in [0.3, 0.4) is 0 Å². The molecular weight excluding hydrogens is 190 g/mol. The van der Waals surface area contributed by atoms with Crippen molar-refractivity contribution >= 4 is 5.91 Å².